The molecule has 6 heteroatoms. The molecule has 0 aromatic heterocycles. The summed E-state index contributed by atoms with van der Waals surface area (Å²) in [7, 11) is 0. The number of carbonyl (C=O) groups excluding carboxylic acids is 1. The average Bonchev–Trinajstić information content (AvgIpc) is 2.37. The second-order valence-corrected chi connectivity index (χ2v) is 5.48. The van der Waals surface area contributed by atoms with E-state index in [9.17, 15) is 9.18 Å². The van der Waals surface area contributed by atoms with Crippen molar-refractivity contribution in [1.29, 1.82) is 0 Å². The van der Waals surface area contributed by atoms with Gasteiger partial charge in [0, 0.05) is 21.3 Å². The molecule has 0 aliphatic rings. The van der Waals surface area contributed by atoms with Crippen molar-refractivity contribution in [3.8, 4) is 0 Å². The number of thioether (sulfide) groups is 1. The molecular weight excluding hydrogens is 299 g/mol. The van der Waals surface area contributed by atoms with Gasteiger partial charge in [-0.15, -0.1) is 11.8 Å². The molecule has 1 amide bonds. The molecule has 104 valence electrons. The van der Waals surface area contributed by atoms with Gasteiger partial charge >= 0.3 is 0 Å². The van der Waals surface area contributed by atoms with E-state index < -0.39 is 5.82 Å². The van der Waals surface area contributed by atoms with Crippen molar-refractivity contribution >= 4 is 40.6 Å². The minimum absolute atomic E-state index is 0.183. The molecule has 0 heterocycles. The summed E-state index contributed by atoms with van der Waals surface area (Å²) in [4.78, 5) is 12.5. The quantitative estimate of drug-likeness (QED) is 0.667. The number of anilines is 2. The van der Waals surface area contributed by atoms with Crippen molar-refractivity contribution in [2.24, 2.45) is 0 Å². The highest BCUT2D eigenvalue weighted by Crippen LogP contribution is 2.27. The monoisotopic (exact) mass is 310 g/mol. The number of nitrogens with two attached hydrogens (primary N) is 1. The summed E-state index contributed by atoms with van der Waals surface area (Å²) >= 11 is 7.10. The van der Waals surface area contributed by atoms with Crippen molar-refractivity contribution in [2.75, 3.05) is 16.8 Å². The second-order valence-electron chi connectivity index (χ2n) is 4.03. The van der Waals surface area contributed by atoms with Crippen LogP contribution in [0.3, 0.4) is 0 Å². The van der Waals surface area contributed by atoms with Crippen LogP contribution in [0, 0.1) is 5.82 Å². The minimum Gasteiger partial charge on any atom is -0.398 e. The first-order chi connectivity index (χ1) is 9.54. The van der Waals surface area contributed by atoms with Crippen LogP contribution in [-0.4, -0.2) is 11.7 Å². The lowest BCUT2D eigenvalue weighted by Gasteiger charge is -2.07. The Bertz CT molecular complexity index is 636. The minimum atomic E-state index is -0.391. The summed E-state index contributed by atoms with van der Waals surface area (Å²) in [5.74, 6) is -0.435. The third-order valence-electron chi connectivity index (χ3n) is 2.44. The van der Waals surface area contributed by atoms with Gasteiger partial charge in [0.05, 0.1) is 5.75 Å². The van der Waals surface area contributed by atoms with Crippen molar-refractivity contribution in [3.05, 3.63) is 53.3 Å². The van der Waals surface area contributed by atoms with Crippen molar-refractivity contribution in [1.82, 2.24) is 0 Å². The summed E-state index contributed by atoms with van der Waals surface area (Å²) < 4.78 is 13.0. The number of rotatable bonds is 4. The fourth-order valence-electron chi connectivity index (χ4n) is 1.56. The Hall–Kier alpha value is -1.72. The number of hydrogen-bond donors (Lipinski definition) is 2. The fraction of sp³-hybridized carbons (Fsp3) is 0.0714. The standard InChI is InChI=1S/C14H12ClFN2OS/c15-9-4-5-13(12(17)6-9)20-8-14(19)18-11-3-1-2-10(16)7-11/h1-7H,8,17H2,(H,18,19). The van der Waals surface area contributed by atoms with Crippen molar-refractivity contribution in [2.45, 2.75) is 4.90 Å². The number of nitrogens with one attached hydrogen (secondary N) is 1. The van der Waals surface area contributed by atoms with Gasteiger partial charge < -0.3 is 11.1 Å². The van der Waals surface area contributed by atoms with E-state index in [0.717, 1.165) is 4.90 Å². The predicted octanol–water partition coefficient (Wildman–Crippen LogP) is 3.79. The third kappa shape index (κ3) is 4.15. The maximum absolute atomic E-state index is 13.0. The summed E-state index contributed by atoms with van der Waals surface area (Å²) in [6.07, 6.45) is 0. The molecule has 0 saturated carbocycles. The third-order valence-corrected chi connectivity index (χ3v) is 3.76. The molecule has 3 N–H and O–H groups in total. The van der Waals surface area contributed by atoms with E-state index in [0.29, 0.717) is 16.4 Å². The largest absolute Gasteiger partial charge is 0.398 e. The molecule has 0 saturated heterocycles. The summed E-state index contributed by atoms with van der Waals surface area (Å²) in [5, 5.41) is 3.17. The molecule has 0 atom stereocenters. The first-order valence-corrected chi connectivity index (χ1v) is 7.14. The number of benzene rings is 2. The zero-order chi connectivity index (χ0) is 14.5. The van der Waals surface area contributed by atoms with Crippen LogP contribution in [0.15, 0.2) is 47.4 Å². The number of amides is 1. The Balaban J connectivity index is 1.92. The second kappa shape index (κ2) is 6.63. The van der Waals surface area contributed by atoms with Gasteiger partial charge in [-0.25, -0.2) is 4.39 Å². The molecule has 2 aromatic rings. The topological polar surface area (TPSA) is 55.1 Å². The SMILES string of the molecule is Nc1cc(Cl)ccc1SCC(=O)Nc1cccc(F)c1. The number of halogens is 2. The van der Waals surface area contributed by atoms with Gasteiger partial charge in [-0.3, -0.25) is 4.79 Å². The van der Waals surface area contributed by atoms with Gasteiger partial charge in [-0.2, -0.15) is 0 Å². The van der Waals surface area contributed by atoms with Crippen LogP contribution in [0.4, 0.5) is 15.8 Å². The maximum atomic E-state index is 13.0. The Kier molecular flexibility index (Phi) is 4.87. The first kappa shape index (κ1) is 14.7. The van der Waals surface area contributed by atoms with E-state index in [1.807, 2.05) is 0 Å². The Morgan fingerprint density at radius 2 is 2.10 bits per heavy atom. The van der Waals surface area contributed by atoms with E-state index in [1.54, 1.807) is 24.3 Å². The lowest BCUT2D eigenvalue weighted by atomic mass is 10.3. The van der Waals surface area contributed by atoms with E-state index in [2.05, 4.69) is 5.32 Å². The van der Waals surface area contributed by atoms with E-state index in [-0.39, 0.29) is 11.7 Å². The molecule has 0 fully saturated rings. The number of nitrogen functional groups attached to an aromatic ring is 1. The van der Waals surface area contributed by atoms with Crippen molar-refractivity contribution in [3.63, 3.8) is 0 Å². The van der Waals surface area contributed by atoms with E-state index in [4.69, 9.17) is 17.3 Å². The lowest BCUT2D eigenvalue weighted by molar-refractivity contribution is -0.113. The van der Waals surface area contributed by atoms with Gasteiger partial charge in [-0.05, 0) is 36.4 Å². The molecule has 2 aromatic carbocycles. The summed E-state index contributed by atoms with van der Waals surface area (Å²) in [5.41, 5.74) is 6.75. The molecule has 0 unspecified atom stereocenters. The Morgan fingerprint density at radius 3 is 2.80 bits per heavy atom. The molecule has 2 rings (SSSR count). The van der Waals surface area contributed by atoms with Crippen LogP contribution in [-0.2, 0) is 4.79 Å². The van der Waals surface area contributed by atoms with Crippen LogP contribution in [0.1, 0.15) is 0 Å². The zero-order valence-corrected chi connectivity index (χ0v) is 12.0. The smallest absolute Gasteiger partial charge is 0.234 e. The summed E-state index contributed by atoms with van der Waals surface area (Å²) in [6.45, 7) is 0. The van der Waals surface area contributed by atoms with Crippen LogP contribution in [0.5, 0.6) is 0 Å². The molecule has 3 nitrogen and oxygen atoms in total. The highest BCUT2D eigenvalue weighted by atomic mass is 35.5. The van der Waals surface area contributed by atoms with Crippen LogP contribution >= 0.6 is 23.4 Å². The average molecular weight is 311 g/mol. The molecule has 0 bridgehead atoms. The van der Waals surface area contributed by atoms with Gasteiger partial charge in [-0.1, -0.05) is 17.7 Å². The fourth-order valence-corrected chi connectivity index (χ4v) is 2.49. The molecule has 0 aliphatic heterocycles. The molecule has 20 heavy (non-hydrogen) atoms. The van der Waals surface area contributed by atoms with Gasteiger partial charge in [0.2, 0.25) is 5.91 Å². The van der Waals surface area contributed by atoms with Gasteiger partial charge in [0.25, 0.3) is 0 Å². The van der Waals surface area contributed by atoms with Crippen molar-refractivity contribution < 1.29 is 9.18 Å². The van der Waals surface area contributed by atoms with E-state index >= 15 is 0 Å². The molecular formula is C14H12ClFN2OS. The Labute approximate surface area is 125 Å². The van der Waals surface area contributed by atoms with E-state index in [1.165, 1.54) is 30.0 Å². The molecule has 0 aliphatic carbocycles. The number of carbonyl (C=O) groups is 1. The summed E-state index contributed by atoms with van der Waals surface area (Å²) in [6, 6.07) is 10.9. The van der Waals surface area contributed by atoms with Crippen LogP contribution in [0.25, 0.3) is 0 Å². The highest BCUT2D eigenvalue weighted by molar-refractivity contribution is 8.00. The lowest BCUT2D eigenvalue weighted by Crippen LogP contribution is -2.14. The zero-order valence-electron chi connectivity index (χ0n) is 10.4. The van der Waals surface area contributed by atoms with Gasteiger partial charge in [0.15, 0.2) is 0 Å². The number of hydrogen-bond acceptors (Lipinski definition) is 3. The molecule has 0 radical (unpaired) electrons. The first-order valence-electron chi connectivity index (χ1n) is 5.78. The van der Waals surface area contributed by atoms with Crippen LogP contribution < -0.4 is 11.1 Å². The maximum Gasteiger partial charge on any atom is 0.234 e. The molecule has 0 spiro atoms. The Morgan fingerprint density at radius 1 is 1.30 bits per heavy atom. The predicted molar refractivity (Wildman–Crippen MR) is 81.6 cm³/mol. The normalized spacial score (nSPS) is 10.3. The highest BCUT2D eigenvalue weighted by Gasteiger charge is 2.06. The van der Waals surface area contributed by atoms with Crippen LogP contribution in [0.2, 0.25) is 5.02 Å². The van der Waals surface area contributed by atoms with Gasteiger partial charge in [0.1, 0.15) is 5.82 Å².